The molecule has 0 amide bonds. The summed E-state index contributed by atoms with van der Waals surface area (Å²) in [5.41, 5.74) is 6.33. The van der Waals surface area contributed by atoms with Gasteiger partial charge in [0.15, 0.2) is 24.2 Å². The van der Waals surface area contributed by atoms with E-state index in [4.69, 9.17) is 24.7 Å². The number of anilines is 1. The van der Waals surface area contributed by atoms with Crippen molar-refractivity contribution in [1.29, 1.82) is 0 Å². The third-order valence-electron chi connectivity index (χ3n) is 5.71. The molecule has 0 spiro atoms. The Morgan fingerprint density at radius 1 is 1.16 bits per heavy atom. The Morgan fingerprint density at radius 3 is 2.49 bits per heavy atom. The summed E-state index contributed by atoms with van der Waals surface area (Å²) in [7, 11) is 1.27. The molecule has 1 aliphatic heterocycles. The topological polar surface area (TPSA) is 167 Å². The third-order valence-corrected chi connectivity index (χ3v) is 5.71. The number of carbonyl (C=O) groups is 3. The molecule has 4 rings (SSSR count). The van der Waals surface area contributed by atoms with Gasteiger partial charge < -0.3 is 24.7 Å². The Kier molecular flexibility index (Phi) is 7.20. The van der Waals surface area contributed by atoms with Gasteiger partial charge in [0.25, 0.3) is 0 Å². The molecule has 0 bridgehead atoms. The first-order chi connectivity index (χ1) is 17.6. The van der Waals surface area contributed by atoms with Crippen LogP contribution in [0.4, 0.5) is 10.3 Å². The largest absolute Gasteiger partial charge is 0.465 e. The average Bonchev–Trinajstić information content (AvgIpc) is 3.29. The zero-order valence-corrected chi connectivity index (χ0v) is 20.1. The Balaban J connectivity index is 1.77. The summed E-state index contributed by atoms with van der Waals surface area (Å²) in [6.07, 6.45) is -4.87. The quantitative estimate of drug-likeness (QED) is 0.347. The molecule has 2 aromatic heterocycles. The molecule has 14 heteroatoms. The minimum atomic E-state index is -1.91. The lowest BCUT2D eigenvalue weighted by Crippen LogP contribution is -2.37. The number of alkyl halides is 1. The number of carbonyl (C=O) groups excluding carboxylic acids is 3. The van der Waals surface area contributed by atoms with E-state index in [9.17, 15) is 19.2 Å². The molecular formula is C23H24FN5O8. The molecule has 1 aliphatic rings. The van der Waals surface area contributed by atoms with Gasteiger partial charge >= 0.3 is 23.6 Å². The number of rotatable bonds is 7. The van der Waals surface area contributed by atoms with Gasteiger partial charge in [-0.25, -0.2) is 23.5 Å². The fraction of sp³-hybridized carbons (Fsp3) is 0.391. The van der Waals surface area contributed by atoms with Gasteiger partial charge in [-0.2, -0.15) is 4.98 Å². The molecular weight excluding hydrogens is 493 g/mol. The minimum absolute atomic E-state index is 0.0196. The van der Waals surface area contributed by atoms with E-state index in [0.29, 0.717) is 11.1 Å². The van der Waals surface area contributed by atoms with E-state index < -0.39 is 54.8 Å². The number of hydrogen-bond donors (Lipinski definition) is 1. The summed E-state index contributed by atoms with van der Waals surface area (Å²) in [5, 5.41) is 0. The molecule has 0 unspecified atom stereocenters. The highest BCUT2D eigenvalue weighted by atomic mass is 19.1. The fourth-order valence-electron chi connectivity index (χ4n) is 4.05. The van der Waals surface area contributed by atoms with Crippen LogP contribution < -0.4 is 11.4 Å². The lowest BCUT2D eigenvalue weighted by Gasteiger charge is -2.19. The molecule has 196 valence electrons. The molecule has 4 atom stereocenters. The Bertz CT molecular complexity index is 1400. The number of hydrogen-bond acceptors (Lipinski definition) is 11. The molecule has 1 fully saturated rings. The lowest BCUT2D eigenvalue weighted by atomic mass is 10.1. The summed E-state index contributed by atoms with van der Waals surface area (Å²) in [6, 6.07) is 6.37. The van der Waals surface area contributed by atoms with E-state index >= 15 is 4.39 Å². The van der Waals surface area contributed by atoms with Gasteiger partial charge in [0.2, 0.25) is 5.95 Å². The normalized spacial score (nSPS) is 21.1. The van der Waals surface area contributed by atoms with E-state index in [1.54, 1.807) is 24.3 Å². The number of nitrogens with two attached hydrogens (primary N) is 1. The first-order valence-electron chi connectivity index (χ1n) is 11.1. The zero-order chi connectivity index (χ0) is 26.9. The highest BCUT2D eigenvalue weighted by Crippen LogP contribution is 2.35. The maximum atomic E-state index is 15.3. The number of imidazole rings is 1. The maximum Gasteiger partial charge on any atom is 0.337 e. The van der Waals surface area contributed by atoms with Crippen LogP contribution >= 0.6 is 0 Å². The number of nitrogen functional groups attached to an aromatic ring is 1. The van der Waals surface area contributed by atoms with E-state index in [1.807, 2.05) is 0 Å². The second kappa shape index (κ2) is 10.3. The van der Waals surface area contributed by atoms with Gasteiger partial charge in [0, 0.05) is 13.8 Å². The van der Waals surface area contributed by atoms with Crippen molar-refractivity contribution in [2.24, 2.45) is 0 Å². The van der Waals surface area contributed by atoms with Crippen LogP contribution in [0.15, 0.2) is 35.3 Å². The lowest BCUT2D eigenvalue weighted by molar-refractivity contribution is -0.154. The van der Waals surface area contributed by atoms with Gasteiger partial charge in [-0.1, -0.05) is 12.1 Å². The van der Waals surface area contributed by atoms with Crippen LogP contribution in [-0.2, 0) is 35.1 Å². The monoisotopic (exact) mass is 517 g/mol. The molecule has 3 heterocycles. The van der Waals surface area contributed by atoms with Crippen molar-refractivity contribution in [3.8, 4) is 0 Å². The molecule has 0 radical (unpaired) electrons. The number of methoxy groups -OCH3 is 1. The van der Waals surface area contributed by atoms with Crippen LogP contribution in [0.3, 0.4) is 0 Å². The van der Waals surface area contributed by atoms with Gasteiger partial charge in [-0.3, -0.25) is 14.2 Å². The molecule has 3 aromatic rings. The van der Waals surface area contributed by atoms with Gasteiger partial charge in [-0.05, 0) is 17.7 Å². The maximum absolute atomic E-state index is 15.3. The van der Waals surface area contributed by atoms with Gasteiger partial charge in [0.1, 0.15) is 18.2 Å². The Morgan fingerprint density at radius 2 is 1.86 bits per heavy atom. The summed E-state index contributed by atoms with van der Waals surface area (Å²) in [6.45, 7) is 1.81. The van der Waals surface area contributed by atoms with Crippen molar-refractivity contribution in [3.63, 3.8) is 0 Å². The number of nitrogens with zero attached hydrogens (tertiary/aromatic N) is 4. The van der Waals surface area contributed by atoms with Crippen molar-refractivity contribution < 1.29 is 37.7 Å². The van der Waals surface area contributed by atoms with E-state index in [0.717, 1.165) is 18.4 Å². The van der Waals surface area contributed by atoms with Crippen LogP contribution in [0.5, 0.6) is 0 Å². The van der Waals surface area contributed by atoms with Gasteiger partial charge in [0.05, 0.1) is 25.4 Å². The summed E-state index contributed by atoms with van der Waals surface area (Å²) in [4.78, 5) is 56.4. The average molecular weight is 517 g/mol. The van der Waals surface area contributed by atoms with Crippen LogP contribution in [0.2, 0.25) is 0 Å². The van der Waals surface area contributed by atoms with Crippen molar-refractivity contribution in [2.45, 2.75) is 45.0 Å². The third kappa shape index (κ3) is 5.14. The number of aromatic nitrogens is 4. The van der Waals surface area contributed by atoms with E-state index in [1.165, 1.54) is 17.9 Å². The Hall–Kier alpha value is -4.33. The summed E-state index contributed by atoms with van der Waals surface area (Å²) >= 11 is 0. The number of esters is 3. The molecule has 1 aromatic carbocycles. The van der Waals surface area contributed by atoms with Crippen LogP contribution in [0, 0.1) is 0 Å². The molecule has 37 heavy (non-hydrogen) atoms. The van der Waals surface area contributed by atoms with Crippen molar-refractivity contribution >= 4 is 35.0 Å². The number of fused-ring (bicyclic) bond motifs is 1. The number of ether oxygens (including phenoxy) is 4. The number of benzene rings is 1. The number of halogens is 1. The SMILES string of the molecule is COC(=O)c1ccc(Cn2c(=O)n([C@@H]3O[C@H](COC(C)=O)[C@@H](F)[C@H]3OC(C)=O)c3nc(N)ncc32)cc1. The second-order valence-corrected chi connectivity index (χ2v) is 8.25. The molecule has 1 saturated heterocycles. The summed E-state index contributed by atoms with van der Waals surface area (Å²) < 4.78 is 38.1. The van der Waals surface area contributed by atoms with E-state index in [-0.39, 0.29) is 23.7 Å². The molecule has 0 saturated carbocycles. The fourth-order valence-corrected chi connectivity index (χ4v) is 4.05. The van der Waals surface area contributed by atoms with Gasteiger partial charge in [-0.15, -0.1) is 0 Å². The second-order valence-electron chi connectivity index (χ2n) is 8.25. The Labute approximate surface area is 208 Å². The molecule has 0 aliphatic carbocycles. The van der Waals surface area contributed by atoms with Crippen LogP contribution in [0.25, 0.3) is 11.2 Å². The first kappa shape index (κ1) is 25.8. The highest BCUT2D eigenvalue weighted by Gasteiger charge is 2.50. The first-order valence-corrected chi connectivity index (χ1v) is 11.1. The summed E-state index contributed by atoms with van der Waals surface area (Å²) in [5.74, 6) is -2.12. The standard InChI is InChI=1S/C23H24FN5O8/c1-11(30)35-10-16-17(24)18(36-12(2)31)20(37-16)29-19-15(8-26-22(25)27-19)28(23(29)33)9-13-4-6-14(7-5-13)21(32)34-3/h4-8,16-18,20H,9-10H2,1-3H3,(H2,25,26,27)/t16-,17-,18-,20-/m1/s1. The zero-order valence-electron chi connectivity index (χ0n) is 20.1. The smallest absolute Gasteiger partial charge is 0.337 e. The van der Waals surface area contributed by atoms with Crippen LogP contribution in [0.1, 0.15) is 36.0 Å². The highest BCUT2D eigenvalue weighted by molar-refractivity contribution is 5.89. The van der Waals surface area contributed by atoms with Crippen molar-refractivity contribution in [3.05, 3.63) is 52.1 Å². The predicted octanol–water partition coefficient (Wildman–Crippen LogP) is 0.740. The van der Waals surface area contributed by atoms with Crippen LogP contribution in [-0.4, -0.2) is 69.1 Å². The predicted molar refractivity (Wildman–Crippen MR) is 124 cm³/mol. The minimum Gasteiger partial charge on any atom is -0.465 e. The molecule has 2 N–H and O–H groups in total. The van der Waals surface area contributed by atoms with E-state index in [2.05, 4.69) is 9.97 Å². The van der Waals surface area contributed by atoms with Crippen molar-refractivity contribution in [2.75, 3.05) is 19.5 Å². The van der Waals surface area contributed by atoms with Crippen molar-refractivity contribution in [1.82, 2.24) is 19.1 Å². The molecule has 13 nitrogen and oxygen atoms in total.